The van der Waals surface area contributed by atoms with Crippen LogP contribution in [0.25, 0.3) is 0 Å². The minimum atomic E-state index is -0.566. The average Bonchev–Trinajstić information content (AvgIpc) is 2.46. The summed E-state index contributed by atoms with van der Waals surface area (Å²) in [5, 5.41) is 0.295. The standard InChI is InChI=1S/C15H18ClFN2O2/c1-10-8-21-9-12-7-18(4-5-19(10)12)15(20)13-3-2-11(16)6-14(13)17/h2-3,6,10,12H,4-5,7-9H2,1H3/t10-,12+/m0/s1. The van der Waals surface area contributed by atoms with E-state index in [1.165, 1.54) is 12.1 Å². The van der Waals surface area contributed by atoms with E-state index in [-0.39, 0.29) is 17.5 Å². The molecule has 0 bridgehead atoms. The first kappa shape index (κ1) is 14.8. The van der Waals surface area contributed by atoms with E-state index in [0.29, 0.717) is 30.8 Å². The molecule has 0 N–H and O–H groups in total. The van der Waals surface area contributed by atoms with Gasteiger partial charge in [0.1, 0.15) is 5.82 Å². The zero-order valence-corrected chi connectivity index (χ0v) is 12.6. The van der Waals surface area contributed by atoms with Crippen LogP contribution in [0.1, 0.15) is 17.3 Å². The molecular weight excluding hydrogens is 295 g/mol. The molecule has 4 nitrogen and oxygen atoms in total. The summed E-state index contributed by atoms with van der Waals surface area (Å²) in [6.07, 6.45) is 0. The van der Waals surface area contributed by atoms with Crippen LogP contribution in [-0.2, 0) is 4.74 Å². The van der Waals surface area contributed by atoms with E-state index < -0.39 is 5.82 Å². The first-order chi connectivity index (χ1) is 10.1. The quantitative estimate of drug-likeness (QED) is 0.795. The van der Waals surface area contributed by atoms with Crippen LogP contribution in [0.4, 0.5) is 4.39 Å². The second kappa shape index (κ2) is 5.91. The van der Waals surface area contributed by atoms with Gasteiger partial charge in [-0.15, -0.1) is 0 Å². The van der Waals surface area contributed by atoms with Gasteiger partial charge in [0.15, 0.2) is 0 Å². The van der Waals surface area contributed by atoms with Crippen molar-refractivity contribution in [2.24, 2.45) is 0 Å². The average molecular weight is 313 g/mol. The van der Waals surface area contributed by atoms with Crippen molar-refractivity contribution in [2.45, 2.75) is 19.0 Å². The van der Waals surface area contributed by atoms with Crippen LogP contribution >= 0.6 is 11.6 Å². The summed E-state index contributed by atoms with van der Waals surface area (Å²) in [6.45, 7) is 5.47. The van der Waals surface area contributed by atoms with E-state index in [2.05, 4.69) is 11.8 Å². The van der Waals surface area contributed by atoms with Crippen molar-refractivity contribution in [3.05, 3.63) is 34.6 Å². The molecule has 114 valence electrons. The molecule has 2 saturated heterocycles. The molecule has 0 unspecified atom stereocenters. The van der Waals surface area contributed by atoms with Crippen LogP contribution in [0.2, 0.25) is 5.02 Å². The van der Waals surface area contributed by atoms with E-state index in [0.717, 1.165) is 13.2 Å². The van der Waals surface area contributed by atoms with Gasteiger partial charge in [-0.1, -0.05) is 11.6 Å². The Morgan fingerprint density at radius 2 is 2.19 bits per heavy atom. The van der Waals surface area contributed by atoms with Gasteiger partial charge in [-0.3, -0.25) is 9.69 Å². The third kappa shape index (κ3) is 2.91. The van der Waals surface area contributed by atoms with Gasteiger partial charge in [0.25, 0.3) is 5.91 Å². The van der Waals surface area contributed by atoms with Crippen LogP contribution in [-0.4, -0.2) is 60.6 Å². The van der Waals surface area contributed by atoms with Gasteiger partial charge >= 0.3 is 0 Å². The van der Waals surface area contributed by atoms with E-state index in [1.807, 2.05) is 0 Å². The smallest absolute Gasteiger partial charge is 0.256 e. The van der Waals surface area contributed by atoms with E-state index in [9.17, 15) is 9.18 Å². The molecule has 0 aromatic heterocycles. The third-order valence-corrected chi connectivity index (χ3v) is 4.45. The number of halogens is 2. The number of morpholine rings is 1. The zero-order valence-electron chi connectivity index (χ0n) is 11.9. The Bertz CT molecular complexity index is 554. The molecule has 6 heteroatoms. The number of benzene rings is 1. The van der Waals surface area contributed by atoms with Crippen molar-refractivity contribution in [2.75, 3.05) is 32.8 Å². The van der Waals surface area contributed by atoms with Crippen LogP contribution < -0.4 is 0 Å². The summed E-state index contributed by atoms with van der Waals surface area (Å²) >= 11 is 5.73. The Balaban J connectivity index is 1.74. The largest absolute Gasteiger partial charge is 0.378 e. The number of amides is 1. The summed E-state index contributed by atoms with van der Waals surface area (Å²) in [6, 6.07) is 4.73. The molecule has 2 fully saturated rings. The molecule has 3 rings (SSSR count). The Morgan fingerprint density at radius 1 is 1.38 bits per heavy atom. The minimum absolute atomic E-state index is 0.0811. The predicted molar refractivity (Wildman–Crippen MR) is 78.1 cm³/mol. The highest BCUT2D eigenvalue weighted by atomic mass is 35.5. The second-order valence-corrected chi connectivity index (χ2v) is 6.09. The Kier molecular flexibility index (Phi) is 4.15. The predicted octanol–water partition coefficient (Wildman–Crippen LogP) is 2.02. The normalized spacial score (nSPS) is 26.5. The van der Waals surface area contributed by atoms with Gasteiger partial charge in [-0.25, -0.2) is 4.39 Å². The summed E-state index contributed by atoms with van der Waals surface area (Å²) in [4.78, 5) is 16.5. The van der Waals surface area contributed by atoms with Crippen molar-refractivity contribution in [3.8, 4) is 0 Å². The first-order valence-electron chi connectivity index (χ1n) is 7.14. The molecule has 21 heavy (non-hydrogen) atoms. The number of ether oxygens (including phenoxy) is 1. The van der Waals surface area contributed by atoms with Gasteiger partial charge < -0.3 is 9.64 Å². The van der Waals surface area contributed by atoms with E-state index in [1.54, 1.807) is 11.0 Å². The van der Waals surface area contributed by atoms with Gasteiger partial charge in [0.05, 0.1) is 24.8 Å². The Morgan fingerprint density at radius 3 is 2.95 bits per heavy atom. The third-order valence-electron chi connectivity index (χ3n) is 4.21. The number of carbonyl (C=O) groups excluding carboxylic acids is 1. The van der Waals surface area contributed by atoms with Crippen LogP contribution in [0.15, 0.2) is 18.2 Å². The lowest BCUT2D eigenvalue weighted by Gasteiger charge is -2.47. The molecule has 1 aromatic rings. The fraction of sp³-hybridized carbons (Fsp3) is 0.533. The van der Waals surface area contributed by atoms with Gasteiger partial charge in [0.2, 0.25) is 0 Å². The van der Waals surface area contributed by atoms with Gasteiger partial charge in [-0.2, -0.15) is 0 Å². The summed E-state index contributed by atoms with van der Waals surface area (Å²) in [5.74, 6) is -0.842. The molecule has 0 spiro atoms. The van der Waals surface area contributed by atoms with Crippen LogP contribution in [0.3, 0.4) is 0 Å². The number of carbonyl (C=O) groups is 1. The van der Waals surface area contributed by atoms with E-state index in [4.69, 9.17) is 16.3 Å². The van der Waals surface area contributed by atoms with Crippen molar-refractivity contribution >= 4 is 17.5 Å². The minimum Gasteiger partial charge on any atom is -0.378 e. The second-order valence-electron chi connectivity index (χ2n) is 5.65. The SMILES string of the molecule is C[C@H]1COC[C@H]2CN(C(=O)c3ccc(Cl)cc3F)CCN21. The molecule has 0 radical (unpaired) electrons. The van der Waals surface area contributed by atoms with Crippen molar-refractivity contribution in [3.63, 3.8) is 0 Å². The molecule has 2 aliphatic heterocycles. The lowest BCUT2D eigenvalue weighted by atomic mass is 10.1. The number of hydrogen-bond donors (Lipinski definition) is 0. The highest BCUT2D eigenvalue weighted by molar-refractivity contribution is 6.30. The Labute approximate surface area is 128 Å². The molecule has 0 aliphatic carbocycles. The maximum atomic E-state index is 13.9. The molecular formula is C15H18ClFN2O2. The highest BCUT2D eigenvalue weighted by Crippen LogP contribution is 2.21. The molecule has 0 saturated carbocycles. The number of hydrogen-bond acceptors (Lipinski definition) is 3. The number of piperazine rings is 1. The summed E-state index contributed by atoms with van der Waals surface area (Å²) < 4.78 is 19.4. The molecule has 2 aliphatic rings. The molecule has 2 atom stereocenters. The number of nitrogens with zero attached hydrogens (tertiary/aromatic N) is 2. The van der Waals surface area contributed by atoms with Gasteiger partial charge in [-0.05, 0) is 25.1 Å². The monoisotopic (exact) mass is 312 g/mol. The summed E-state index contributed by atoms with van der Waals surface area (Å²) in [5.41, 5.74) is 0.0811. The fourth-order valence-corrected chi connectivity index (χ4v) is 3.24. The van der Waals surface area contributed by atoms with Crippen molar-refractivity contribution < 1.29 is 13.9 Å². The fourth-order valence-electron chi connectivity index (χ4n) is 3.09. The van der Waals surface area contributed by atoms with Crippen LogP contribution in [0.5, 0.6) is 0 Å². The zero-order chi connectivity index (χ0) is 15.0. The van der Waals surface area contributed by atoms with Crippen LogP contribution in [0, 0.1) is 5.82 Å². The number of fused-ring (bicyclic) bond motifs is 1. The maximum absolute atomic E-state index is 13.9. The molecule has 1 aromatic carbocycles. The highest BCUT2D eigenvalue weighted by Gasteiger charge is 2.35. The van der Waals surface area contributed by atoms with Gasteiger partial charge in [0, 0.05) is 30.7 Å². The first-order valence-corrected chi connectivity index (χ1v) is 7.52. The Hall–Kier alpha value is -1.17. The van der Waals surface area contributed by atoms with Crippen molar-refractivity contribution in [1.82, 2.24) is 9.80 Å². The molecule has 2 heterocycles. The number of rotatable bonds is 1. The topological polar surface area (TPSA) is 32.8 Å². The summed E-state index contributed by atoms with van der Waals surface area (Å²) in [7, 11) is 0. The maximum Gasteiger partial charge on any atom is 0.256 e. The lowest BCUT2D eigenvalue weighted by Crippen LogP contribution is -2.62. The van der Waals surface area contributed by atoms with Crippen molar-refractivity contribution in [1.29, 1.82) is 0 Å². The van der Waals surface area contributed by atoms with E-state index >= 15 is 0 Å². The lowest BCUT2D eigenvalue weighted by molar-refractivity contribution is -0.0700. The molecule has 1 amide bonds.